The molecular formula is C15H18Cl2N2O2. The van der Waals surface area contributed by atoms with Gasteiger partial charge in [0, 0.05) is 22.0 Å². The Balaban J connectivity index is 2.51. The monoisotopic (exact) mass is 328 g/mol. The van der Waals surface area contributed by atoms with Gasteiger partial charge >= 0.3 is 0 Å². The molecule has 0 aliphatic carbocycles. The van der Waals surface area contributed by atoms with Gasteiger partial charge in [0.2, 0.25) is 5.91 Å². The summed E-state index contributed by atoms with van der Waals surface area (Å²) in [5.41, 5.74) is 0.924. The van der Waals surface area contributed by atoms with Crippen LogP contribution in [0.25, 0.3) is 0 Å². The van der Waals surface area contributed by atoms with Gasteiger partial charge in [-0.05, 0) is 38.5 Å². The number of amides is 1. The maximum atomic E-state index is 12.4. The molecule has 6 heteroatoms. The topological polar surface area (TPSA) is 52.9 Å². The van der Waals surface area contributed by atoms with Crippen molar-refractivity contribution in [1.82, 2.24) is 4.90 Å². The largest absolute Gasteiger partial charge is 0.411 e. The third-order valence-corrected chi connectivity index (χ3v) is 4.11. The van der Waals surface area contributed by atoms with Crippen molar-refractivity contribution in [3.8, 4) is 0 Å². The number of nitrogens with zero attached hydrogens (tertiary/aromatic N) is 2. The average Bonchev–Trinajstić information content (AvgIpc) is 2.36. The van der Waals surface area contributed by atoms with Crippen LogP contribution in [0.2, 0.25) is 10.0 Å². The average molecular weight is 329 g/mol. The molecule has 1 amide bonds. The summed E-state index contributed by atoms with van der Waals surface area (Å²) in [6, 6.07) is 4.97. The van der Waals surface area contributed by atoms with Crippen molar-refractivity contribution in [3.05, 3.63) is 33.8 Å². The van der Waals surface area contributed by atoms with Crippen LogP contribution in [-0.4, -0.2) is 27.3 Å². The van der Waals surface area contributed by atoms with Crippen molar-refractivity contribution in [2.45, 2.75) is 45.2 Å². The first kappa shape index (κ1) is 16.1. The number of rotatable bonds is 1. The van der Waals surface area contributed by atoms with Gasteiger partial charge < -0.3 is 10.1 Å². The lowest BCUT2D eigenvalue weighted by Crippen LogP contribution is -2.51. The van der Waals surface area contributed by atoms with Gasteiger partial charge in [-0.25, -0.2) is 0 Å². The number of benzene rings is 1. The number of hydrogen-bond donors (Lipinski definition) is 1. The summed E-state index contributed by atoms with van der Waals surface area (Å²) in [5.74, 6) is -0.0717. The minimum atomic E-state index is -0.355. The van der Waals surface area contributed by atoms with Crippen molar-refractivity contribution >= 4 is 34.8 Å². The molecule has 4 nitrogen and oxygen atoms in total. The molecule has 1 aromatic rings. The van der Waals surface area contributed by atoms with Gasteiger partial charge in [-0.1, -0.05) is 34.4 Å². The standard InChI is InChI=1S/C15H18Cl2N2O2/c1-15(2,3)19-13(7-10(18-21)8-14(19)20)11-5-4-9(16)6-12(11)17/h4-6,13,21H,7-8H2,1-3H3/b18-10-/t13-/m0/s1. The van der Waals surface area contributed by atoms with E-state index in [2.05, 4.69) is 5.16 Å². The Labute approximate surface area is 134 Å². The van der Waals surface area contributed by atoms with Crippen molar-refractivity contribution in [3.63, 3.8) is 0 Å². The fourth-order valence-electron chi connectivity index (χ4n) is 2.76. The van der Waals surface area contributed by atoms with Crippen molar-refractivity contribution in [2.24, 2.45) is 5.16 Å². The fourth-order valence-corrected chi connectivity index (χ4v) is 3.29. The van der Waals surface area contributed by atoms with Crippen LogP contribution in [-0.2, 0) is 4.79 Å². The summed E-state index contributed by atoms with van der Waals surface area (Å²) in [4.78, 5) is 14.2. The molecule has 1 aliphatic heterocycles. The van der Waals surface area contributed by atoms with Crippen molar-refractivity contribution < 1.29 is 10.0 Å². The summed E-state index contributed by atoms with van der Waals surface area (Å²) in [7, 11) is 0. The van der Waals surface area contributed by atoms with E-state index < -0.39 is 0 Å². The molecule has 1 aromatic carbocycles. The van der Waals surface area contributed by atoms with Crippen molar-refractivity contribution in [1.29, 1.82) is 0 Å². The molecule has 1 fully saturated rings. The van der Waals surface area contributed by atoms with Crippen LogP contribution < -0.4 is 0 Å². The maximum absolute atomic E-state index is 12.4. The minimum Gasteiger partial charge on any atom is -0.411 e. The van der Waals surface area contributed by atoms with E-state index in [-0.39, 0.29) is 23.9 Å². The number of hydrogen-bond acceptors (Lipinski definition) is 3. The van der Waals surface area contributed by atoms with E-state index in [0.29, 0.717) is 22.2 Å². The van der Waals surface area contributed by atoms with Crippen LogP contribution in [0.4, 0.5) is 0 Å². The van der Waals surface area contributed by atoms with E-state index >= 15 is 0 Å². The predicted molar refractivity (Wildman–Crippen MR) is 84.3 cm³/mol. The lowest BCUT2D eigenvalue weighted by atomic mass is 9.88. The van der Waals surface area contributed by atoms with Gasteiger partial charge in [0.1, 0.15) is 0 Å². The molecule has 1 heterocycles. The summed E-state index contributed by atoms with van der Waals surface area (Å²) >= 11 is 12.2. The van der Waals surface area contributed by atoms with Crippen LogP contribution in [0.3, 0.4) is 0 Å². The van der Waals surface area contributed by atoms with E-state index in [1.54, 1.807) is 17.0 Å². The summed E-state index contributed by atoms with van der Waals surface area (Å²) in [6.07, 6.45) is 0.594. The number of piperidine rings is 1. The Hall–Kier alpha value is -1.26. The van der Waals surface area contributed by atoms with Gasteiger partial charge in [-0.2, -0.15) is 0 Å². The molecule has 1 saturated heterocycles. The minimum absolute atomic E-state index is 0.0717. The van der Waals surface area contributed by atoms with E-state index in [4.69, 9.17) is 28.4 Å². The Kier molecular flexibility index (Phi) is 4.49. The molecule has 0 spiro atoms. The van der Waals surface area contributed by atoms with Crippen molar-refractivity contribution in [2.75, 3.05) is 0 Å². The molecule has 0 radical (unpaired) electrons. The maximum Gasteiger partial charge on any atom is 0.229 e. The molecule has 114 valence electrons. The van der Waals surface area contributed by atoms with E-state index in [0.717, 1.165) is 5.56 Å². The van der Waals surface area contributed by atoms with Gasteiger partial charge in [0.05, 0.1) is 18.2 Å². The second kappa shape index (κ2) is 5.85. The molecule has 0 bridgehead atoms. The third kappa shape index (κ3) is 3.33. The van der Waals surface area contributed by atoms with Gasteiger partial charge in [0.15, 0.2) is 0 Å². The molecule has 1 N–H and O–H groups in total. The van der Waals surface area contributed by atoms with E-state index in [1.807, 2.05) is 26.8 Å². The second-order valence-corrected chi connectivity index (χ2v) is 7.01. The zero-order chi connectivity index (χ0) is 15.8. The first-order valence-electron chi connectivity index (χ1n) is 6.71. The van der Waals surface area contributed by atoms with Crippen LogP contribution in [0.1, 0.15) is 45.2 Å². The Morgan fingerprint density at radius 1 is 1.33 bits per heavy atom. The molecular weight excluding hydrogens is 311 g/mol. The highest BCUT2D eigenvalue weighted by atomic mass is 35.5. The molecule has 0 unspecified atom stereocenters. The number of likely N-dealkylation sites (tertiary alicyclic amines) is 1. The fraction of sp³-hybridized carbons (Fsp3) is 0.467. The van der Waals surface area contributed by atoms with Gasteiger partial charge in [-0.3, -0.25) is 4.79 Å². The smallest absolute Gasteiger partial charge is 0.229 e. The van der Waals surface area contributed by atoms with Gasteiger partial charge in [0.25, 0.3) is 0 Å². The SMILES string of the molecule is CC(C)(C)N1C(=O)C/C(=N\O)C[C@H]1c1ccc(Cl)cc1Cl. The highest BCUT2D eigenvalue weighted by Gasteiger charge is 2.39. The lowest BCUT2D eigenvalue weighted by Gasteiger charge is -2.45. The van der Waals surface area contributed by atoms with Crippen LogP contribution in [0, 0.1) is 0 Å². The highest BCUT2D eigenvalue weighted by Crippen LogP contribution is 2.39. The highest BCUT2D eigenvalue weighted by molar-refractivity contribution is 6.35. The molecule has 21 heavy (non-hydrogen) atoms. The Morgan fingerprint density at radius 2 is 2.00 bits per heavy atom. The molecule has 1 aliphatic rings. The van der Waals surface area contributed by atoms with Gasteiger partial charge in [-0.15, -0.1) is 0 Å². The first-order valence-corrected chi connectivity index (χ1v) is 7.46. The molecule has 0 saturated carbocycles. The third-order valence-electron chi connectivity index (χ3n) is 3.55. The molecule has 1 atom stereocenters. The van der Waals surface area contributed by atoms with Crippen LogP contribution >= 0.6 is 23.2 Å². The summed E-state index contributed by atoms with van der Waals surface area (Å²) in [5, 5.41) is 13.3. The van der Waals surface area contributed by atoms with Crippen LogP contribution in [0.5, 0.6) is 0 Å². The number of oxime groups is 1. The normalized spacial score (nSPS) is 22.0. The van der Waals surface area contributed by atoms with Crippen LogP contribution in [0.15, 0.2) is 23.4 Å². The van der Waals surface area contributed by atoms with E-state index in [9.17, 15) is 4.79 Å². The first-order chi connectivity index (χ1) is 9.74. The predicted octanol–water partition coefficient (Wildman–Crippen LogP) is 4.29. The number of halogens is 2. The van der Waals surface area contributed by atoms with E-state index in [1.165, 1.54) is 0 Å². The lowest BCUT2D eigenvalue weighted by molar-refractivity contribution is -0.139. The second-order valence-electron chi connectivity index (χ2n) is 6.16. The molecule has 0 aromatic heterocycles. The zero-order valence-corrected chi connectivity index (χ0v) is 13.7. The molecule has 2 rings (SSSR count). The quantitative estimate of drug-likeness (QED) is 0.617. The number of carbonyl (C=O) groups excluding carboxylic acids is 1. The Bertz CT molecular complexity index is 594. The Morgan fingerprint density at radius 3 is 2.52 bits per heavy atom. The zero-order valence-electron chi connectivity index (χ0n) is 12.2. The summed E-state index contributed by atoms with van der Waals surface area (Å²) < 4.78 is 0. The summed E-state index contributed by atoms with van der Waals surface area (Å²) in [6.45, 7) is 5.93. The number of carbonyl (C=O) groups is 1.